The molecule has 2 aromatic heterocycles. The van der Waals surface area contributed by atoms with Crippen molar-refractivity contribution < 1.29 is 38.1 Å². The van der Waals surface area contributed by atoms with Gasteiger partial charge in [0.25, 0.3) is 0 Å². The number of nitrogens with two attached hydrogens (primary N) is 1. The molecule has 0 saturated carbocycles. The second kappa shape index (κ2) is 9.77. The Morgan fingerprint density at radius 1 is 1.36 bits per heavy atom. The number of para-hydroxylation sites is 1. The molecule has 1 aliphatic heterocycles. The predicted molar refractivity (Wildman–Crippen MR) is 127 cm³/mol. The van der Waals surface area contributed by atoms with Gasteiger partial charge in [-0.2, -0.15) is 10.2 Å². The first-order valence-electron chi connectivity index (χ1n) is 11.0. The van der Waals surface area contributed by atoms with Gasteiger partial charge in [0.1, 0.15) is 35.3 Å². The molecule has 0 radical (unpaired) electrons. The van der Waals surface area contributed by atoms with E-state index in [0.29, 0.717) is 5.52 Å². The molecule has 36 heavy (non-hydrogen) atoms. The molecule has 5 N–H and O–H groups in total. The first-order valence-corrected chi connectivity index (χ1v) is 12.5. The van der Waals surface area contributed by atoms with Crippen molar-refractivity contribution in [2.75, 3.05) is 26.1 Å². The molecule has 0 amide bonds. The first-order chi connectivity index (χ1) is 17.0. The molecule has 1 aromatic carbocycles. The number of rotatable bonds is 9. The lowest BCUT2D eigenvalue weighted by molar-refractivity contribution is -0.142. The second-order valence-corrected chi connectivity index (χ2v) is 10.3. The maximum Gasteiger partial charge on any atom is 0.459 e. The topological polar surface area (TPSA) is 180 Å². The van der Waals surface area contributed by atoms with Gasteiger partial charge in [0, 0.05) is 0 Å². The van der Waals surface area contributed by atoms with Crippen LogP contribution in [-0.2, 0) is 29.0 Å². The number of fused-ring (bicyclic) bond motifs is 1. The third-order valence-corrected chi connectivity index (χ3v) is 7.60. The number of aliphatic hydroxyl groups is 2. The van der Waals surface area contributed by atoms with Crippen LogP contribution < -0.4 is 15.3 Å². The normalized spacial score (nSPS) is 26.4. The van der Waals surface area contributed by atoms with Crippen molar-refractivity contribution >= 4 is 25.1 Å². The van der Waals surface area contributed by atoms with Gasteiger partial charge >= 0.3 is 13.7 Å². The number of aliphatic hydroxyl groups excluding tert-OH is 1. The molecule has 0 spiro atoms. The summed E-state index contributed by atoms with van der Waals surface area (Å²) in [5.41, 5.74) is 3.12. The highest BCUT2D eigenvalue weighted by atomic mass is 31.2. The van der Waals surface area contributed by atoms with E-state index >= 15 is 0 Å². The molecule has 0 bridgehead atoms. The van der Waals surface area contributed by atoms with Gasteiger partial charge in [0.15, 0.2) is 11.4 Å². The molecule has 194 valence electrons. The van der Waals surface area contributed by atoms with Gasteiger partial charge in [-0.05, 0) is 38.1 Å². The van der Waals surface area contributed by atoms with Crippen molar-refractivity contribution in [3.63, 3.8) is 0 Å². The van der Waals surface area contributed by atoms with Gasteiger partial charge in [-0.3, -0.25) is 9.32 Å². The van der Waals surface area contributed by atoms with E-state index < -0.39 is 43.7 Å². The second-order valence-electron chi connectivity index (χ2n) is 8.64. The van der Waals surface area contributed by atoms with Gasteiger partial charge in [0.05, 0.1) is 26.0 Å². The molecule has 1 fully saturated rings. The van der Waals surface area contributed by atoms with Gasteiger partial charge < -0.3 is 29.9 Å². The number of aromatic nitrogens is 3. The van der Waals surface area contributed by atoms with Crippen molar-refractivity contribution in [1.29, 1.82) is 0 Å². The minimum Gasteiger partial charge on any atom is -0.468 e. The molecule has 3 aromatic rings. The lowest BCUT2D eigenvalue weighted by Crippen LogP contribution is -2.50. The number of anilines is 1. The van der Waals surface area contributed by atoms with Crippen LogP contribution in [0.15, 0.2) is 48.8 Å². The summed E-state index contributed by atoms with van der Waals surface area (Å²) in [6, 6.07) is 10.3. The fraction of sp³-hybridized carbons (Fsp3) is 0.409. The summed E-state index contributed by atoms with van der Waals surface area (Å²) >= 11 is 0. The summed E-state index contributed by atoms with van der Waals surface area (Å²) in [6.45, 7) is 2.13. The van der Waals surface area contributed by atoms with E-state index in [9.17, 15) is 19.6 Å². The molecule has 0 unspecified atom stereocenters. The van der Waals surface area contributed by atoms with E-state index in [2.05, 4.69) is 19.9 Å². The molecule has 13 nitrogen and oxygen atoms in total. The Labute approximate surface area is 206 Å². The number of methoxy groups -OCH3 is 1. The number of hydrogen-bond donors (Lipinski definition) is 4. The van der Waals surface area contributed by atoms with E-state index in [1.807, 2.05) is 0 Å². The summed E-state index contributed by atoms with van der Waals surface area (Å²) in [4.78, 5) is 15.8. The molecule has 1 saturated heterocycles. The lowest BCUT2D eigenvalue weighted by Gasteiger charge is -2.33. The molecule has 14 heteroatoms. The van der Waals surface area contributed by atoms with E-state index in [4.69, 9.17) is 19.5 Å². The molecule has 3 heterocycles. The van der Waals surface area contributed by atoms with Crippen molar-refractivity contribution in [3.8, 4) is 5.75 Å². The number of benzene rings is 1. The zero-order chi connectivity index (χ0) is 26.1. The van der Waals surface area contributed by atoms with Crippen LogP contribution in [0.25, 0.3) is 5.52 Å². The molecule has 4 rings (SSSR count). The van der Waals surface area contributed by atoms with Crippen LogP contribution in [-0.4, -0.2) is 68.9 Å². The van der Waals surface area contributed by atoms with Crippen molar-refractivity contribution in [2.45, 2.75) is 37.2 Å². The molecule has 0 aliphatic carbocycles. The molecular weight excluding hydrogens is 493 g/mol. The highest BCUT2D eigenvalue weighted by Gasteiger charge is 2.58. The third kappa shape index (κ3) is 4.81. The Balaban J connectivity index is 1.57. The number of ether oxygens (including phenoxy) is 2. The molecular formula is C22H28N5O8P. The summed E-state index contributed by atoms with van der Waals surface area (Å²) < 4.78 is 36.7. The monoisotopic (exact) mass is 521 g/mol. The van der Waals surface area contributed by atoms with Crippen LogP contribution in [0, 0.1) is 0 Å². The fourth-order valence-electron chi connectivity index (χ4n) is 3.94. The quantitative estimate of drug-likeness (QED) is 0.232. The summed E-state index contributed by atoms with van der Waals surface area (Å²) in [7, 11) is -3.01. The van der Waals surface area contributed by atoms with Crippen LogP contribution >= 0.6 is 7.75 Å². The van der Waals surface area contributed by atoms with Crippen LogP contribution in [0.3, 0.4) is 0 Å². The van der Waals surface area contributed by atoms with Crippen LogP contribution in [0.2, 0.25) is 0 Å². The smallest absolute Gasteiger partial charge is 0.459 e. The lowest BCUT2D eigenvalue weighted by atomic mass is 9.86. The number of carbonyl (C=O) groups excluding carboxylic acids is 1. The number of carbonyl (C=O) groups is 1. The van der Waals surface area contributed by atoms with Crippen LogP contribution in [0.4, 0.5) is 5.82 Å². The zero-order valence-electron chi connectivity index (χ0n) is 19.9. The van der Waals surface area contributed by atoms with E-state index in [1.54, 1.807) is 42.5 Å². The third-order valence-electron chi connectivity index (χ3n) is 5.97. The Kier molecular flexibility index (Phi) is 7.06. The number of esters is 1. The average molecular weight is 521 g/mol. The van der Waals surface area contributed by atoms with E-state index in [-0.39, 0.29) is 23.9 Å². The van der Waals surface area contributed by atoms with Gasteiger partial charge in [-0.1, -0.05) is 18.2 Å². The Hall–Kier alpha value is -3.06. The van der Waals surface area contributed by atoms with Gasteiger partial charge in [-0.25, -0.2) is 14.1 Å². The molecule has 1 aliphatic rings. The predicted octanol–water partition coefficient (Wildman–Crippen LogP) is 1.00. The van der Waals surface area contributed by atoms with Crippen molar-refractivity contribution in [3.05, 3.63) is 54.5 Å². The SMILES string of the molecule is COC(=O)[C@H](C)N[P@](=O)(OC[C@@]1(C)OC[C@](O)(c2ccc3c(N)ncnn23)[C@@H]1O)Oc1ccccc1. The Bertz CT molecular complexity index is 1290. The Morgan fingerprint density at radius 3 is 2.78 bits per heavy atom. The summed E-state index contributed by atoms with van der Waals surface area (Å²) in [6.07, 6.45) is -0.312. The number of nitrogens with zero attached hydrogens (tertiary/aromatic N) is 3. The maximum absolute atomic E-state index is 13.6. The summed E-state index contributed by atoms with van der Waals surface area (Å²) in [5.74, 6) is -0.268. The molecule has 5 atom stereocenters. The largest absolute Gasteiger partial charge is 0.468 e. The number of hydrogen-bond acceptors (Lipinski definition) is 11. The summed E-state index contributed by atoms with van der Waals surface area (Å²) in [5, 5.41) is 29.3. The number of nitrogens with one attached hydrogen (secondary N) is 1. The first kappa shape index (κ1) is 26.0. The van der Waals surface area contributed by atoms with E-state index in [0.717, 1.165) is 0 Å². The van der Waals surface area contributed by atoms with Gasteiger partial charge in [-0.15, -0.1) is 0 Å². The average Bonchev–Trinajstić information content (AvgIpc) is 3.40. The minimum atomic E-state index is -4.20. The van der Waals surface area contributed by atoms with Gasteiger partial charge in [0.2, 0.25) is 0 Å². The van der Waals surface area contributed by atoms with Crippen LogP contribution in [0.1, 0.15) is 19.5 Å². The standard InChI is InChI=1S/C22H28N5O8P/c1-14(19(28)32-3)26-36(31,35-15-7-5-4-6-8-15)34-11-21(2)20(29)22(30,12-33-21)17-10-9-16-18(23)24-13-25-27(16)17/h4-10,13-14,20,29-30H,11-12H2,1-3H3,(H,26,31)(H2,23,24,25)/t14-,20+,21+,22-,36-/m0/s1. The highest BCUT2D eigenvalue weighted by molar-refractivity contribution is 7.52. The van der Waals surface area contributed by atoms with E-state index in [1.165, 1.54) is 31.8 Å². The zero-order valence-corrected chi connectivity index (χ0v) is 20.8. The number of nitrogen functional groups attached to an aromatic ring is 1. The highest BCUT2D eigenvalue weighted by Crippen LogP contribution is 2.48. The van der Waals surface area contributed by atoms with Crippen molar-refractivity contribution in [1.82, 2.24) is 19.7 Å². The van der Waals surface area contributed by atoms with Crippen molar-refractivity contribution in [2.24, 2.45) is 0 Å². The fourth-order valence-corrected chi connectivity index (χ4v) is 5.53. The minimum absolute atomic E-state index is 0.198. The van der Waals surface area contributed by atoms with Crippen LogP contribution in [0.5, 0.6) is 5.75 Å². The Morgan fingerprint density at radius 2 is 2.08 bits per heavy atom. The maximum atomic E-state index is 13.6.